The molecular formula is C18H27N5O. The molecule has 3 rings (SSSR count). The number of nitrogens with zero attached hydrogens (tertiary/aromatic N) is 5. The first-order chi connectivity index (χ1) is 11.4. The molecule has 0 spiro atoms. The van der Waals surface area contributed by atoms with Crippen molar-refractivity contribution in [3.63, 3.8) is 0 Å². The van der Waals surface area contributed by atoms with Gasteiger partial charge in [0, 0.05) is 43.5 Å². The molecule has 130 valence electrons. The van der Waals surface area contributed by atoms with Crippen LogP contribution in [0.15, 0.2) is 6.07 Å². The standard InChI is InChI=1S/C18H27N5O/c1-12-11-13(2)23(19-12)10-8-17(24)22-9-6-7-16(22)18-14(3)20-21(5)15(18)4/h11,16H,6-10H2,1-5H3/t16-/m1/s1. The summed E-state index contributed by atoms with van der Waals surface area (Å²) in [5.41, 5.74) is 5.54. The first-order valence-electron chi connectivity index (χ1n) is 8.69. The Morgan fingerprint density at radius 1 is 1.25 bits per heavy atom. The third kappa shape index (κ3) is 2.97. The molecule has 0 bridgehead atoms. The van der Waals surface area contributed by atoms with Crippen LogP contribution in [-0.4, -0.2) is 36.9 Å². The SMILES string of the molecule is Cc1cc(C)n(CCC(=O)N2CCC[C@@H]2c2c(C)nn(C)c2C)n1. The maximum absolute atomic E-state index is 12.8. The first-order valence-corrected chi connectivity index (χ1v) is 8.69. The van der Waals surface area contributed by atoms with E-state index in [-0.39, 0.29) is 11.9 Å². The second kappa shape index (κ2) is 6.42. The van der Waals surface area contributed by atoms with E-state index in [1.165, 1.54) is 5.56 Å². The predicted molar refractivity (Wildman–Crippen MR) is 92.7 cm³/mol. The lowest BCUT2D eigenvalue weighted by Gasteiger charge is -2.25. The summed E-state index contributed by atoms with van der Waals surface area (Å²) in [6.45, 7) is 9.63. The smallest absolute Gasteiger partial charge is 0.224 e. The minimum Gasteiger partial charge on any atom is -0.335 e. The molecule has 2 aromatic rings. The average molecular weight is 329 g/mol. The Bertz CT molecular complexity index is 758. The average Bonchev–Trinajstić information content (AvgIpc) is 3.17. The normalized spacial score (nSPS) is 17.7. The Labute approximate surface area is 143 Å². The molecule has 1 fully saturated rings. The van der Waals surface area contributed by atoms with Gasteiger partial charge in [0.25, 0.3) is 0 Å². The van der Waals surface area contributed by atoms with E-state index in [2.05, 4.69) is 17.1 Å². The van der Waals surface area contributed by atoms with Gasteiger partial charge in [0.15, 0.2) is 0 Å². The van der Waals surface area contributed by atoms with Gasteiger partial charge in [-0.25, -0.2) is 0 Å². The molecule has 0 unspecified atom stereocenters. The highest BCUT2D eigenvalue weighted by atomic mass is 16.2. The summed E-state index contributed by atoms with van der Waals surface area (Å²) in [5, 5.41) is 8.97. The Morgan fingerprint density at radius 3 is 2.58 bits per heavy atom. The zero-order chi connectivity index (χ0) is 17.4. The van der Waals surface area contributed by atoms with Gasteiger partial charge < -0.3 is 4.90 Å². The van der Waals surface area contributed by atoms with Crippen molar-refractivity contribution < 1.29 is 4.79 Å². The molecule has 0 radical (unpaired) electrons. The van der Waals surface area contributed by atoms with Crippen LogP contribution in [-0.2, 0) is 18.4 Å². The lowest BCUT2D eigenvalue weighted by molar-refractivity contribution is -0.132. The summed E-state index contributed by atoms with van der Waals surface area (Å²) in [5.74, 6) is 0.215. The number of amides is 1. The van der Waals surface area contributed by atoms with Gasteiger partial charge in [-0.3, -0.25) is 14.2 Å². The molecule has 1 atom stereocenters. The first kappa shape index (κ1) is 16.7. The van der Waals surface area contributed by atoms with Gasteiger partial charge in [-0.2, -0.15) is 10.2 Å². The largest absolute Gasteiger partial charge is 0.335 e. The van der Waals surface area contributed by atoms with Crippen LogP contribution in [0.2, 0.25) is 0 Å². The Kier molecular flexibility index (Phi) is 4.47. The number of likely N-dealkylation sites (tertiary alicyclic amines) is 1. The highest BCUT2D eigenvalue weighted by Crippen LogP contribution is 2.35. The predicted octanol–water partition coefficient (Wildman–Crippen LogP) is 2.60. The Morgan fingerprint density at radius 2 is 2.00 bits per heavy atom. The third-order valence-electron chi connectivity index (χ3n) is 5.11. The van der Waals surface area contributed by atoms with Gasteiger partial charge in [0.1, 0.15) is 0 Å². The minimum absolute atomic E-state index is 0.173. The van der Waals surface area contributed by atoms with E-state index < -0.39 is 0 Å². The zero-order valence-corrected chi connectivity index (χ0v) is 15.3. The zero-order valence-electron chi connectivity index (χ0n) is 15.3. The Hall–Kier alpha value is -2.11. The van der Waals surface area contributed by atoms with E-state index in [1.54, 1.807) is 0 Å². The van der Waals surface area contributed by atoms with Gasteiger partial charge in [-0.05, 0) is 46.6 Å². The molecule has 1 saturated heterocycles. The summed E-state index contributed by atoms with van der Waals surface area (Å²) in [6, 6.07) is 2.22. The van der Waals surface area contributed by atoms with E-state index in [1.807, 2.05) is 48.1 Å². The van der Waals surface area contributed by atoms with E-state index in [0.717, 1.165) is 42.2 Å². The number of hydrogen-bond acceptors (Lipinski definition) is 3. The van der Waals surface area contributed by atoms with Gasteiger partial charge in [-0.1, -0.05) is 0 Å². The number of carbonyl (C=O) groups excluding carboxylic acids is 1. The van der Waals surface area contributed by atoms with Gasteiger partial charge >= 0.3 is 0 Å². The van der Waals surface area contributed by atoms with Crippen LogP contribution in [0.4, 0.5) is 0 Å². The van der Waals surface area contributed by atoms with Crippen molar-refractivity contribution in [2.24, 2.45) is 7.05 Å². The van der Waals surface area contributed by atoms with Crippen molar-refractivity contribution in [3.05, 3.63) is 34.4 Å². The number of rotatable bonds is 4. The molecule has 1 aliphatic heterocycles. The summed E-state index contributed by atoms with van der Waals surface area (Å²) in [7, 11) is 1.97. The topological polar surface area (TPSA) is 56.0 Å². The van der Waals surface area contributed by atoms with Crippen LogP contribution in [0.1, 0.15) is 53.6 Å². The van der Waals surface area contributed by atoms with Crippen LogP contribution in [0, 0.1) is 27.7 Å². The number of hydrogen-bond donors (Lipinski definition) is 0. The number of aryl methyl sites for hydroxylation is 5. The molecule has 24 heavy (non-hydrogen) atoms. The van der Waals surface area contributed by atoms with Crippen molar-refractivity contribution in [3.8, 4) is 0 Å². The van der Waals surface area contributed by atoms with Gasteiger partial charge in [0.05, 0.1) is 17.4 Å². The molecule has 1 aliphatic rings. The molecule has 0 aliphatic carbocycles. The number of aromatic nitrogens is 4. The number of carbonyl (C=O) groups is 1. The van der Waals surface area contributed by atoms with E-state index in [9.17, 15) is 4.79 Å². The monoisotopic (exact) mass is 329 g/mol. The Balaban J connectivity index is 1.73. The van der Waals surface area contributed by atoms with E-state index in [0.29, 0.717) is 13.0 Å². The second-order valence-electron chi connectivity index (χ2n) is 6.85. The maximum Gasteiger partial charge on any atom is 0.224 e. The molecule has 1 amide bonds. The van der Waals surface area contributed by atoms with Gasteiger partial charge in [-0.15, -0.1) is 0 Å². The highest BCUT2D eigenvalue weighted by Gasteiger charge is 2.33. The molecule has 6 heteroatoms. The van der Waals surface area contributed by atoms with E-state index >= 15 is 0 Å². The summed E-state index contributed by atoms with van der Waals surface area (Å²) < 4.78 is 3.85. The van der Waals surface area contributed by atoms with Crippen LogP contribution in [0.25, 0.3) is 0 Å². The fourth-order valence-electron chi connectivity index (χ4n) is 3.88. The highest BCUT2D eigenvalue weighted by molar-refractivity contribution is 5.77. The van der Waals surface area contributed by atoms with Crippen LogP contribution < -0.4 is 0 Å². The molecule has 3 heterocycles. The van der Waals surface area contributed by atoms with Crippen LogP contribution >= 0.6 is 0 Å². The molecule has 0 saturated carbocycles. The molecular weight excluding hydrogens is 302 g/mol. The van der Waals surface area contributed by atoms with Crippen molar-refractivity contribution in [1.82, 2.24) is 24.5 Å². The summed E-state index contributed by atoms with van der Waals surface area (Å²) >= 11 is 0. The maximum atomic E-state index is 12.8. The second-order valence-corrected chi connectivity index (χ2v) is 6.85. The van der Waals surface area contributed by atoms with Crippen molar-refractivity contribution in [2.75, 3.05) is 6.54 Å². The van der Waals surface area contributed by atoms with Crippen LogP contribution in [0.5, 0.6) is 0 Å². The van der Waals surface area contributed by atoms with Crippen molar-refractivity contribution >= 4 is 5.91 Å². The fourth-order valence-corrected chi connectivity index (χ4v) is 3.88. The molecule has 6 nitrogen and oxygen atoms in total. The molecule has 0 aromatic carbocycles. The minimum atomic E-state index is 0.173. The van der Waals surface area contributed by atoms with Gasteiger partial charge in [0.2, 0.25) is 5.91 Å². The summed E-state index contributed by atoms with van der Waals surface area (Å²) in [4.78, 5) is 14.9. The van der Waals surface area contributed by atoms with Crippen molar-refractivity contribution in [2.45, 2.75) is 59.5 Å². The lowest BCUT2D eigenvalue weighted by Crippen LogP contribution is -2.31. The van der Waals surface area contributed by atoms with Crippen LogP contribution in [0.3, 0.4) is 0 Å². The van der Waals surface area contributed by atoms with Crippen molar-refractivity contribution in [1.29, 1.82) is 0 Å². The quantitative estimate of drug-likeness (QED) is 0.866. The molecule has 0 N–H and O–H groups in total. The molecule has 2 aromatic heterocycles. The summed E-state index contributed by atoms with van der Waals surface area (Å²) in [6.07, 6.45) is 2.58. The van der Waals surface area contributed by atoms with E-state index in [4.69, 9.17) is 0 Å². The lowest BCUT2D eigenvalue weighted by atomic mass is 10.0. The fraction of sp³-hybridized carbons (Fsp3) is 0.611. The third-order valence-corrected chi connectivity index (χ3v) is 5.11.